The maximum absolute atomic E-state index is 13.4. The predicted octanol–water partition coefficient (Wildman–Crippen LogP) is 2.24. The molecule has 2 aliphatic rings. The van der Waals surface area contributed by atoms with Gasteiger partial charge >= 0.3 is 0 Å². The van der Waals surface area contributed by atoms with Gasteiger partial charge in [-0.1, -0.05) is 6.07 Å². The maximum Gasteiger partial charge on any atom is 0.274 e. The predicted molar refractivity (Wildman–Crippen MR) is 87.8 cm³/mol. The third kappa shape index (κ3) is 3.43. The molecule has 2 aliphatic heterocycles. The molecule has 2 fully saturated rings. The van der Waals surface area contributed by atoms with Crippen molar-refractivity contribution in [1.29, 1.82) is 0 Å². The topological polar surface area (TPSA) is 56.6 Å². The summed E-state index contributed by atoms with van der Waals surface area (Å²) in [6.07, 6.45) is 3.38. The number of carbonyl (C=O) groups excluding carboxylic acids is 1. The van der Waals surface area contributed by atoms with Gasteiger partial charge in [0.05, 0.1) is 18.9 Å². The first-order valence-electron chi connectivity index (χ1n) is 8.55. The van der Waals surface area contributed by atoms with Gasteiger partial charge in [-0.2, -0.15) is 5.10 Å². The highest BCUT2D eigenvalue weighted by Crippen LogP contribution is 2.25. The Hall–Kier alpha value is -2.25. The molecule has 2 aromatic rings. The summed E-state index contributed by atoms with van der Waals surface area (Å²) in [5.74, 6) is -0.250. The highest BCUT2D eigenvalue weighted by molar-refractivity contribution is 5.92. The monoisotopic (exact) mass is 345 g/mol. The van der Waals surface area contributed by atoms with Crippen LogP contribution in [0.2, 0.25) is 0 Å². The minimum atomic E-state index is -0.337. The molecule has 3 heterocycles. The Kier molecular flexibility index (Phi) is 4.50. The summed E-state index contributed by atoms with van der Waals surface area (Å²) in [6, 6.07) is 7.78. The van der Waals surface area contributed by atoms with E-state index in [0.29, 0.717) is 37.7 Å². The highest BCUT2D eigenvalue weighted by atomic mass is 19.1. The van der Waals surface area contributed by atoms with Crippen molar-refractivity contribution < 1.29 is 18.7 Å². The average molecular weight is 345 g/mol. The molecular weight excluding hydrogens is 325 g/mol. The van der Waals surface area contributed by atoms with Crippen molar-refractivity contribution in [2.75, 3.05) is 26.3 Å². The van der Waals surface area contributed by atoms with E-state index in [0.717, 1.165) is 12.8 Å². The number of aromatic nitrogens is 2. The van der Waals surface area contributed by atoms with Crippen molar-refractivity contribution >= 4 is 5.91 Å². The number of rotatable bonds is 3. The van der Waals surface area contributed by atoms with Crippen LogP contribution in [0.3, 0.4) is 0 Å². The SMILES string of the molecule is O=C(c1ccn(-c2cccc(F)c2)n1)N1CCCC(C2OCCO2)C1. The molecule has 132 valence electrons. The number of amides is 1. The van der Waals surface area contributed by atoms with E-state index in [9.17, 15) is 9.18 Å². The van der Waals surface area contributed by atoms with Crippen LogP contribution in [0.15, 0.2) is 36.5 Å². The van der Waals surface area contributed by atoms with Gasteiger partial charge in [-0.3, -0.25) is 4.79 Å². The number of carbonyl (C=O) groups is 1. The molecule has 4 rings (SSSR count). The Morgan fingerprint density at radius 2 is 2.08 bits per heavy atom. The van der Waals surface area contributed by atoms with E-state index >= 15 is 0 Å². The molecule has 0 saturated carbocycles. The van der Waals surface area contributed by atoms with Gasteiger partial charge in [0, 0.05) is 25.2 Å². The van der Waals surface area contributed by atoms with Crippen LogP contribution < -0.4 is 0 Å². The molecule has 1 unspecified atom stereocenters. The van der Waals surface area contributed by atoms with E-state index in [1.807, 2.05) is 0 Å². The second kappa shape index (κ2) is 6.93. The van der Waals surface area contributed by atoms with E-state index in [4.69, 9.17) is 9.47 Å². The Morgan fingerprint density at radius 1 is 1.24 bits per heavy atom. The Morgan fingerprint density at radius 3 is 2.88 bits per heavy atom. The lowest BCUT2D eigenvalue weighted by Crippen LogP contribution is -2.44. The van der Waals surface area contributed by atoms with Gasteiger partial charge in [0.15, 0.2) is 12.0 Å². The number of hydrogen-bond acceptors (Lipinski definition) is 4. The summed E-state index contributed by atoms with van der Waals surface area (Å²) < 4.78 is 26.0. The first-order valence-corrected chi connectivity index (χ1v) is 8.55. The van der Waals surface area contributed by atoms with Crippen molar-refractivity contribution in [3.05, 3.63) is 48.0 Å². The zero-order chi connectivity index (χ0) is 17.2. The van der Waals surface area contributed by atoms with Gasteiger partial charge in [-0.05, 0) is 37.1 Å². The van der Waals surface area contributed by atoms with Gasteiger partial charge in [-0.15, -0.1) is 0 Å². The first-order chi connectivity index (χ1) is 12.2. The maximum atomic E-state index is 13.4. The molecule has 1 atom stereocenters. The number of piperidine rings is 1. The Labute approximate surface area is 145 Å². The van der Waals surface area contributed by atoms with Crippen LogP contribution >= 0.6 is 0 Å². The molecule has 7 heteroatoms. The lowest BCUT2D eigenvalue weighted by Gasteiger charge is -2.34. The molecule has 0 aliphatic carbocycles. The molecular formula is C18H20FN3O3. The van der Waals surface area contributed by atoms with Gasteiger partial charge in [0.25, 0.3) is 5.91 Å². The number of benzene rings is 1. The third-order valence-corrected chi connectivity index (χ3v) is 4.66. The lowest BCUT2D eigenvalue weighted by molar-refractivity contribution is -0.0969. The lowest BCUT2D eigenvalue weighted by atomic mass is 9.97. The minimum Gasteiger partial charge on any atom is -0.350 e. The minimum absolute atomic E-state index is 0.113. The second-order valence-electron chi connectivity index (χ2n) is 6.39. The van der Waals surface area contributed by atoms with Crippen LogP contribution in [0.1, 0.15) is 23.3 Å². The van der Waals surface area contributed by atoms with Crippen LogP contribution in [0.4, 0.5) is 4.39 Å². The Bertz CT molecular complexity index is 758. The molecule has 0 bridgehead atoms. The average Bonchev–Trinajstić information content (AvgIpc) is 3.33. The van der Waals surface area contributed by atoms with Crippen LogP contribution in [-0.4, -0.2) is 53.2 Å². The summed E-state index contributed by atoms with van der Waals surface area (Å²) in [5, 5.41) is 4.32. The van der Waals surface area contributed by atoms with Crippen molar-refractivity contribution in [2.45, 2.75) is 19.1 Å². The molecule has 0 spiro atoms. The van der Waals surface area contributed by atoms with Gasteiger partial charge in [0.1, 0.15) is 5.82 Å². The summed E-state index contributed by atoms with van der Waals surface area (Å²) >= 11 is 0. The van der Waals surface area contributed by atoms with E-state index < -0.39 is 0 Å². The van der Waals surface area contributed by atoms with E-state index in [1.165, 1.54) is 16.8 Å². The largest absolute Gasteiger partial charge is 0.350 e. The van der Waals surface area contributed by atoms with E-state index in [2.05, 4.69) is 5.10 Å². The van der Waals surface area contributed by atoms with Crippen LogP contribution in [0.25, 0.3) is 5.69 Å². The number of ether oxygens (including phenoxy) is 2. The van der Waals surface area contributed by atoms with Crippen molar-refractivity contribution in [3.8, 4) is 5.69 Å². The number of halogens is 1. The molecule has 0 radical (unpaired) electrons. The molecule has 1 amide bonds. The standard InChI is InChI=1S/C18H20FN3O3/c19-14-4-1-5-15(11-14)22-8-6-16(20-22)17(23)21-7-2-3-13(12-21)18-24-9-10-25-18/h1,4-6,8,11,13,18H,2-3,7,9-10,12H2. The quantitative estimate of drug-likeness (QED) is 0.856. The fourth-order valence-corrected chi connectivity index (χ4v) is 3.43. The first kappa shape index (κ1) is 16.2. The van der Waals surface area contributed by atoms with Gasteiger partial charge < -0.3 is 14.4 Å². The molecule has 0 N–H and O–H groups in total. The van der Waals surface area contributed by atoms with Gasteiger partial charge in [0.2, 0.25) is 0 Å². The normalized spacial score (nSPS) is 21.6. The molecule has 2 saturated heterocycles. The molecule has 1 aromatic carbocycles. The summed E-state index contributed by atoms with van der Waals surface area (Å²) in [5.41, 5.74) is 0.946. The van der Waals surface area contributed by atoms with Crippen molar-refractivity contribution in [2.24, 2.45) is 5.92 Å². The van der Waals surface area contributed by atoms with Crippen LogP contribution in [0.5, 0.6) is 0 Å². The van der Waals surface area contributed by atoms with E-state index in [-0.39, 0.29) is 23.9 Å². The zero-order valence-corrected chi connectivity index (χ0v) is 13.8. The van der Waals surface area contributed by atoms with Gasteiger partial charge in [-0.25, -0.2) is 9.07 Å². The highest BCUT2D eigenvalue weighted by Gasteiger charge is 2.33. The molecule has 25 heavy (non-hydrogen) atoms. The van der Waals surface area contributed by atoms with Crippen molar-refractivity contribution in [1.82, 2.24) is 14.7 Å². The smallest absolute Gasteiger partial charge is 0.274 e. The summed E-state index contributed by atoms with van der Waals surface area (Å²) in [4.78, 5) is 14.6. The van der Waals surface area contributed by atoms with Crippen LogP contribution in [-0.2, 0) is 9.47 Å². The fourth-order valence-electron chi connectivity index (χ4n) is 3.43. The van der Waals surface area contributed by atoms with Crippen molar-refractivity contribution in [3.63, 3.8) is 0 Å². The zero-order valence-electron chi connectivity index (χ0n) is 13.8. The fraction of sp³-hybridized carbons (Fsp3) is 0.444. The summed E-state index contributed by atoms with van der Waals surface area (Å²) in [7, 11) is 0. The Balaban J connectivity index is 1.47. The number of nitrogens with zero attached hydrogens (tertiary/aromatic N) is 3. The second-order valence-corrected chi connectivity index (χ2v) is 6.39. The molecule has 6 nitrogen and oxygen atoms in total. The van der Waals surface area contributed by atoms with Crippen LogP contribution in [0, 0.1) is 11.7 Å². The van der Waals surface area contributed by atoms with E-state index in [1.54, 1.807) is 29.3 Å². The number of likely N-dealkylation sites (tertiary alicyclic amines) is 1. The third-order valence-electron chi connectivity index (χ3n) is 4.66. The number of hydrogen-bond donors (Lipinski definition) is 0. The summed E-state index contributed by atoms with van der Waals surface area (Å²) in [6.45, 7) is 2.55. The molecule has 1 aromatic heterocycles.